The minimum Gasteiger partial charge on any atom is -0.475 e. The molecular formula is C10H13F4N3O. The Kier molecular flexibility index (Phi) is 5.11. The van der Waals surface area contributed by atoms with Crippen LogP contribution < -0.4 is 10.1 Å². The maximum Gasteiger partial charge on any atom is 0.389 e. The van der Waals surface area contributed by atoms with Gasteiger partial charge in [0.2, 0.25) is 11.8 Å². The van der Waals surface area contributed by atoms with E-state index < -0.39 is 18.4 Å². The Morgan fingerprint density at radius 2 is 2.11 bits per heavy atom. The lowest BCUT2D eigenvalue weighted by atomic mass is 10.3. The predicted molar refractivity (Wildman–Crippen MR) is 56.9 cm³/mol. The van der Waals surface area contributed by atoms with Crippen LogP contribution in [0.1, 0.15) is 19.8 Å². The number of ether oxygens (including phenoxy) is 1. The first-order valence-corrected chi connectivity index (χ1v) is 5.38. The summed E-state index contributed by atoms with van der Waals surface area (Å²) in [7, 11) is 0. The molecule has 1 aromatic heterocycles. The molecule has 0 aliphatic heterocycles. The van der Waals surface area contributed by atoms with E-state index in [1.807, 2.05) is 0 Å². The zero-order valence-electron chi connectivity index (χ0n) is 9.72. The number of hydrogen-bond acceptors (Lipinski definition) is 4. The van der Waals surface area contributed by atoms with E-state index in [9.17, 15) is 17.6 Å². The molecule has 0 unspecified atom stereocenters. The van der Waals surface area contributed by atoms with E-state index in [0.717, 1.165) is 6.20 Å². The van der Waals surface area contributed by atoms with Gasteiger partial charge in [-0.1, -0.05) is 0 Å². The molecule has 1 N–H and O–H groups in total. The van der Waals surface area contributed by atoms with E-state index in [1.165, 1.54) is 0 Å². The molecule has 0 aliphatic carbocycles. The number of halogens is 4. The van der Waals surface area contributed by atoms with E-state index in [0.29, 0.717) is 6.54 Å². The molecule has 0 spiro atoms. The van der Waals surface area contributed by atoms with Crippen molar-refractivity contribution in [3.8, 4) is 5.88 Å². The molecule has 1 heterocycles. The Balaban J connectivity index is 2.48. The minimum absolute atomic E-state index is 0.171. The van der Waals surface area contributed by atoms with Crippen LogP contribution in [-0.2, 0) is 0 Å². The topological polar surface area (TPSA) is 47.0 Å². The molecule has 0 fully saturated rings. The number of nitrogens with zero attached hydrogens (tertiary/aromatic N) is 2. The van der Waals surface area contributed by atoms with Crippen LogP contribution in [0.3, 0.4) is 0 Å². The number of rotatable bonds is 6. The molecule has 4 nitrogen and oxygen atoms in total. The highest BCUT2D eigenvalue weighted by atomic mass is 19.4. The fourth-order valence-electron chi connectivity index (χ4n) is 1.14. The lowest BCUT2D eigenvalue weighted by Crippen LogP contribution is -2.11. The summed E-state index contributed by atoms with van der Waals surface area (Å²) in [4.78, 5) is 7.33. The summed E-state index contributed by atoms with van der Waals surface area (Å²) >= 11 is 0. The Morgan fingerprint density at radius 3 is 2.72 bits per heavy atom. The third kappa shape index (κ3) is 5.15. The molecule has 1 rings (SSSR count). The van der Waals surface area contributed by atoms with Gasteiger partial charge in [-0.15, -0.1) is 0 Å². The fraction of sp³-hybridized carbons (Fsp3) is 0.600. The van der Waals surface area contributed by atoms with E-state index in [1.54, 1.807) is 6.92 Å². The zero-order valence-corrected chi connectivity index (χ0v) is 9.72. The molecule has 0 saturated heterocycles. The standard InChI is InChI=1S/C10H13F4N3O/c1-2-15-9-16-6-7(11)8(17-9)18-5-3-4-10(12,13)14/h6H,2-5H2,1H3,(H,15,16,17). The molecule has 18 heavy (non-hydrogen) atoms. The first-order valence-electron chi connectivity index (χ1n) is 5.38. The first-order chi connectivity index (χ1) is 8.42. The Labute approximate surface area is 101 Å². The van der Waals surface area contributed by atoms with E-state index in [2.05, 4.69) is 15.3 Å². The molecular weight excluding hydrogens is 254 g/mol. The van der Waals surface area contributed by atoms with Gasteiger partial charge in [0, 0.05) is 13.0 Å². The third-order valence-electron chi connectivity index (χ3n) is 1.89. The first kappa shape index (κ1) is 14.5. The maximum absolute atomic E-state index is 13.2. The van der Waals surface area contributed by atoms with Crippen molar-refractivity contribution >= 4 is 5.95 Å². The van der Waals surface area contributed by atoms with Crippen molar-refractivity contribution in [3.63, 3.8) is 0 Å². The van der Waals surface area contributed by atoms with Crippen LogP contribution >= 0.6 is 0 Å². The van der Waals surface area contributed by atoms with Gasteiger partial charge in [-0.05, 0) is 13.3 Å². The molecule has 8 heteroatoms. The number of aromatic nitrogens is 2. The van der Waals surface area contributed by atoms with Crippen molar-refractivity contribution in [2.24, 2.45) is 0 Å². The fourth-order valence-corrected chi connectivity index (χ4v) is 1.14. The van der Waals surface area contributed by atoms with Crippen LogP contribution in [-0.4, -0.2) is 29.3 Å². The molecule has 0 saturated carbocycles. The van der Waals surface area contributed by atoms with Gasteiger partial charge in [-0.2, -0.15) is 22.5 Å². The smallest absolute Gasteiger partial charge is 0.389 e. The van der Waals surface area contributed by atoms with Crippen LogP contribution in [0.25, 0.3) is 0 Å². The number of nitrogens with one attached hydrogen (secondary N) is 1. The molecule has 0 radical (unpaired) electrons. The summed E-state index contributed by atoms with van der Waals surface area (Å²) < 4.78 is 53.6. The summed E-state index contributed by atoms with van der Waals surface area (Å²) in [5.41, 5.74) is 0. The zero-order chi connectivity index (χ0) is 13.6. The predicted octanol–water partition coefficient (Wildman–Crippen LogP) is 2.77. The lowest BCUT2D eigenvalue weighted by Gasteiger charge is -2.09. The lowest BCUT2D eigenvalue weighted by molar-refractivity contribution is -0.136. The largest absolute Gasteiger partial charge is 0.475 e. The van der Waals surface area contributed by atoms with Crippen LogP contribution in [0, 0.1) is 5.82 Å². The van der Waals surface area contributed by atoms with Gasteiger partial charge in [0.25, 0.3) is 5.88 Å². The van der Waals surface area contributed by atoms with Crippen molar-refractivity contribution in [3.05, 3.63) is 12.0 Å². The monoisotopic (exact) mass is 267 g/mol. The Hall–Kier alpha value is -1.60. The molecule has 0 bridgehead atoms. The molecule has 0 aromatic carbocycles. The van der Waals surface area contributed by atoms with Gasteiger partial charge in [-0.25, -0.2) is 4.98 Å². The average molecular weight is 267 g/mol. The van der Waals surface area contributed by atoms with Crippen LogP contribution in [0.5, 0.6) is 5.88 Å². The van der Waals surface area contributed by atoms with Crippen molar-refractivity contribution < 1.29 is 22.3 Å². The third-order valence-corrected chi connectivity index (χ3v) is 1.89. The molecule has 102 valence electrons. The van der Waals surface area contributed by atoms with Gasteiger partial charge >= 0.3 is 6.18 Å². The second kappa shape index (κ2) is 6.36. The number of hydrogen-bond donors (Lipinski definition) is 1. The Bertz CT molecular complexity index is 384. The molecule has 0 atom stereocenters. The summed E-state index contributed by atoms with van der Waals surface area (Å²) in [6.07, 6.45) is -4.55. The van der Waals surface area contributed by atoms with Crippen molar-refractivity contribution in [2.75, 3.05) is 18.5 Å². The summed E-state index contributed by atoms with van der Waals surface area (Å²) in [6.45, 7) is 2.09. The highest BCUT2D eigenvalue weighted by molar-refractivity contribution is 5.27. The molecule has 1 aromatic rings. The van der Waals surface area contributed by atoms with Crippen LogP contribution in [0.15, 0.2) is 6.20 Å². The second-order valence-corrected chi connectivity index (χ2v) is 3.44. The normalized spacial score (nSPS) is 11.4. The van der Waals surface area contributed by atoms with E-state index in [4.69, 9.17) is 4.74 Å². The highest BCUT2D eigenvalue weighted by Crippen LogP contribution is 2.22. The number of anilines is 1. The quantitative estimate of drug-likeness (QED) is 0.636. The van der Waals surface area contributed by atoms with Gasteiger partial charge in [-0.3, -0.25) is 0 Å². The van der Waals surface area contributed by atoms with Crippen LogP contribution in [0.2, 0.25) is 0 Å². The SMILES string of the molecule is CCNc1ncc(F)c(OCCCC(F)(F)F)n1. The van der Waals surface area contributed by atoms with Crippen molar-refractivity contribution in [1.29, 1.82) is 0 Å². The van der Waals surface area contributed by atoms with Crippen molar-refractivity contribution in [1.82, 2.24) is 9.97 Å². The number of alkyl halides is 3. The van der Waals surface area contributed by atoms with E-state index in [-0.39, 0.29) is 24.9 Å². The van der Waals surface area contributed by atoms with Gasteiger partial charge in [0.15, 0.2) is 0 Å². The maximum atomic E-state index is 13.2. The van der Waals surface area contributed by atoms with Crippen molar-refractivity contribution in [2.45, 2.75) is 25.9 Å². The van der Waals surface area contributed by atoms with Gasteiger partial charge in [0.05, 0.1) is 12.8 Å². The minimum atomic E-state index is -4.23. The molecule has 0 amide bonds. The Morgan fingerprint density at radius 1 is 1.39 bits per heavy atom. The highest BCUT2D eigenvalue weighted by Gasteiger charge is 2.26. The summed E-state index contributed by atoms with van der Waals surface area (Å²) in [5.74, 6) is -0.975. The van der Waals surface area contributed by atoms with Crippen LogP contribution in [0.4, 0.5) is 23.5 Å². The summed E-state index contributed by atoms with van der Waals surface area (Å²) in [5, 5.41) is 2.74. The van der Waals surface area contributed by atoms with Gasteiger partial charge in [0.1, 0.15) is 0 Å². The van der Waals surface area contributed by atoms with E-state index >= 15 is 0 Å². The second-order valence-electron chi connectivity index (χ2n) is 3.44. The average Bonchev–Trinajstić information content (AvgIpc) is 2.27. The van der Waals surface area contributed by atoms with Gasteiger partial charge < -0.3 is 10.1 Å². The molecule has 0 aliphatic rings. The summed E-state index contributed by atoms with van der Waals surface area (Å²) in [6, 6.07) is 0.